The maximum absolute atomic E-state index is 11.9. The predicted molar refractivity (Wildman–Crippen MR) is 72.2 cm³/mol. The summed E-state index contributed by atoms with van der Waals surface area (Å²) in [6.45, 7) is 4.74. The van der Waals surface area contributed by atoms with Crippen LogP contribution in [0, 0.1) is 13.8 Å². The molecule has 0 bridgehead atoms. The molecule has 3 heteroatoms. The number of nitrogens with zero attached hydrogens (tertiary/aromatic N) is 1. The number of nitrogens with two attached hydrogens (primary N) is 1. The summed E-state index contributed by atoms with van der Waals surface area (Å²) in [7, 11) is 1.84. The van der Waals surface area contributed by atoms with Crippen LogP contribution >= 0.6 is 0 Å². The molecule has 1 rings (SSSR count). The van der Waals surface area contributed by atoms with Gasteiger partial charge in [-0.1, -0.05) is 17.7 Å². The van der Waals surface area contributed by atoms with Crippen molar-refractivity contribution in [2.45, 2.75) is 33.1 Å². The van der Waals surface area contributed by atoms with Gasteiger partial charge < -0.3 is 10.6 Å². The molecule has 0 radical (unpaired) electrons. The van der Waals surface area contributed by atoms with E-state index in [-0.39, 0.29) is 5.91 Å². The maximum Gasteiger partial charge on any atom is 0.226 e. The lowest BCUT2D eigenvalue weighted by molar-refractivity contribution is -0.118. The van der Waals surface area contributed by atoms with Crippen LogP contribution in [-0.2, 0) is 4.79 Å². The molecule has 17 heavy (non-hydrogen) atoms. The fourth-order valence-corrected chi connectivity index (χ4v) is 1.90. The number of benzene rings is 1. The van der Waals surface area contributed by atoms with E-state index < -0.39 is 0 Å². The van der Waals surface area contributed by atoms with E-state index in [1.807, 2.05) is 26.1 Å². The van der Waals surface area contributed by atoms with E-state index in [9.17, 15) is 4.79 Å². The van der Waals surface area contributed by atoms with E-state index in [2.05, 4.69) is 13.0 Å². The molecule has 2 N–H and O–H groups in total. The van der Waals surface area contributed by atoms with Gasteiger partial charge in [0.1, 0.15) is 0 Å². The third-order valence-electron chi connectivity index (χ3n) is 2.93. The summed E-state index contributed by atoms with van der Waals surface area (Å²) in [5.41, 5.74) is 8.77. The molecule has 1 aromatic rings. The summed E-state index contributed by atoms with van der Waals surface area (Å²) in [6.07, 6.45) is 2.35. The number of rotatable bonds is 5. The average molecular weight is 234 g/mol. The first kappa shape index (κ1) is 13.7. The van der Waals surface area contributed by atoms with Crippen LogP contribution in [0.5, 0.6) is 0 Å². The second-order valence-electron chi connectivity index (χ2n) is 4.49. The third-order valence-corrected chi connectivity index (χ3v) is 2.93. The fraction of sp³-hybridized carbons (Fsp3) is 0.500. The molecular weight excluding hydrogens is 212 g/mol. The molecule has 0 fully saturated rings. The van der Waals surface area contributed by atoms with Gasteiger partial charge in [-0.3, -0.25) is 4.79 Å². The molecule has 0 aromatic heterocycles. The Morgan fingerprint density at radius 3 is 2.59 bits per heavy atom. The van der Waals surface area contributed by atoms with Crippen LogP contribution in [0.25, 0.3) is 0 Å². The van der Waals surface area contributed by atoms with Gasteiger partial charge in [0, 0.05) is 19.2 Å². The van der Waals surface area contributed by atoms with Gasteiger partial charge >= 0.3 is 0 Å². The maximum atomic E-state index is 11.9. The van der Waals surface area contributed by atoms with Crippen LogP contribution in [0.1, 0.15) is 30.4 Å². The minimum absolute atomic E-state index is 0.158. The van der Waals surface area contributed by atoms with Gasteiger partial charge in [0.05, 0.1) is 0 Å². The SMILES string of the molecule is Cc1ccc(N(C)C(=O)CCCCN)c(C)c1. The molecule has 0 saturated heterocycles. The van der Waals surface area contributed by atoms with E-state index in [4.69, 9.17) is 5.73 Å². The zero-order valence-electron chi connectivity index (χ0n) is 11.0. The van der Waals surface area contributed by atoms with Gasteiger partial charge in [0.15, 0.2) is 0 Å². The highest BCUT2D eigenvalue weighted by Gasteiger charge is 2.12. The lowest BCUT2D eigenvalue weighted by Crippen LogP contribution is -2.26. The van der Waals surface area contributed by atoms with Crippen molar-refractivity contribution < 1.29 is 4.79 Å². The Bertz CT molecular complexity index is 388. The van der Waals surface area contributed by atoms with Crippen molar-refractivity contribution in [2.75, 3.05) is 18.5 Å². The molecule has 0 saturated carbocycles. The number of amides is 1. The van der Waals surface area contributed by atoms with Crippen LogP contribution in [0.4, 0.5) is 5.69 Å². The monoisotopic (exact) mass is 234 g/mol. The third kappa shape index (κ3) is 3.86. The van der Waals surface area contributed by atoms with E-state index in [0.29, 0.717) is 13.0 Å². The van der Waals surface area contributed by atoms with Gasteiger partial charge in [-0.05, 0) is 44.9 Å². The van der Waals surface area contributed by atoms with Crippen molar-refractivity contribution in [3.63, 3.8) is 0 Å². The quantitative estimate of drug-likeness (QED) is 0.795. The van der Waals surface area contributed by atoms with Gasteiger partial charge in [-0.15, -0.1) is 0 Å². The van der Waals surface area contributed by atoms with Crippen molar-refractivity contribution in [2.24, 2.45) is 5.73 Å². The summed E-state index contributed by atoms with van der Waals surface area (Å²) in [5.74, 6) is 0.158. The van der Waals surface area contributed by atoms with E-state index in [1.165, 1.54) is 5.56 Å². The van der Waals surface area contributed by atoms with Gasteiger partial charge in [-0.25, -0.2) is 0 Å². The standard InChI is InChI=1S/C14H22N2O/c1-11-7-8-13(12(2)10-11)16(3)14(17)6-4-5-9-15/h7-8,10H,4-6,9,15H2,1-3H3. The molecule has 0 spiro atoms. The number of hydrogen-bond acceptors (Lipinski definition) is 2. The second-order valence-corrected chi connectivity index (χ2v) is 4.49. The number of aryl methyl sites for hydroxylation is 2. The van der Waals surface area contributed by atoms with E-state index in [0.717, 1.165) is 24.1 Å². The lowest BCUT2D eigenvalue weighted by Gasteiger charge is -2.20. The number of anilines is 1. The number of unbranched alkanes of at least 4 members (excludes halogenated alkanes) is 1. The zero-order chi connectivity index (χ0) is 12.8. The molecule has 94 valence electrons. The molecule has 0 aliphatic heterocycles. The molecule has 3 nitrogen and oxygen atoms in total. The summed E-state index contributed by atoms with van der Waals surface area (Å²) >= 11 is 0. The van der Waals surface area contributed by atoms with Crippen LogP contribution < -0.4 is 10.6 Å². The first-order chi connectivity index (χ1) is 8.06. The van der Waals surface area contributed by atoms with Crippen molar-refractivity contribution in [1.29, 1.82) is 0 Å². The fourth-order valence-electron chi connectivity index (χ4n) is 1.90. The first-order valence-corrected chi connectivity index (χ1v) is 6.10. The van der Waals surface area contributed by atoms with Crippen LogP contribution in [0.15, 0.2) is 18.2 Å². The highest BCUT2D eigenvalue weighted by atomic mass is 16.2. The predicted octanol–water partition coefficient (Wildman–Crippen LogP) is 2.40. The van der Waals surface area contributed by atoms with Crippen molar-refractivity contribution >= 4 is 11.6 Å². The summed E-state index contributed by atoms with van der Waals surface area (Å²) in [6, 6.07) is 6.14. The highest BCUT2D eigenvalue weighted by Crippen LogP contribution is 2.20. The average Bonchev–Trinajstić information content (AvgIpc) is 2.28. The van der Waals surface area contributed by atoms with Crippen LogP contribution in [0.3, 0.4) is 0 Å². The molecule has 0 aliphatic carbocycles. The largest absolute Gasteiger partial charge is 0.330 e. The Hall–Kier alpha value is -1.35. The molecule has 0 heterocycles. The Labute approximate surface area is 104 Å². The normalized spacial score (nSPS) is 10.4. The smallest absolute Gasteiger partial charge is 0.226 e. The Morgan fingerprint density at radius 2 is 2.00 bits per heavy atom. The summed E-state index contributed by atoms with van der Waals surface area (Å²) in [5, 5.41) is 0. The summed E-state index contributed by atoms with van der Waals surface area (Å²) < 4.78 is 0. The Balaban J connectivity index is 2.68. The first-order valence-electron chi connectivity index (χ1n) is 6.10. The topological polar surface area (TPSA) is 46.3 Å². The van der Waals surface area contributed by atoms with Crippen molar-refractivity contribution in [1.82, 2.24) is 0 Å². The summed E-state index contributed by atoms with van der Waals surface area (Å²) in [4.78, 5) is 13.7. The second kappa shape index (κ2) is 6.40. The molecule has 0 unspecified atom stereocenters. The number of carbonyl (C=O) groups excluding carboxylic acids is 1. The molecule has 0 aliphatic rings. The minimum atomic E-state index is 0.158. The molecule has 0 atom stereocenters. The van der Waals surface area contributed by atoms with Crippen molar-refractivity contribution in [3.8, 4) is 0 Å². The highest BCUT2D eigenvalue weighted by molar-refractivity contribution is 5.93. The molecule has 1 aromatic carbocycles. The van der Waals surface area contributed by atoms with Crippen LogP contribution in [0.2, 0.25) is 0 Å². The van der Waals surface area contributed by atoms with E-state index in [1.54, 1.807) is 4.90 Å². The van der Waals surface area contributed by atoms with E-state index >= 15 is 0 Å². The Morgan fingerprint density at radius 1 is 1.29 bits per heavy atom. The Kier molecular flexibility index (Phi) is 5.16. The van der Waals surface area contributed by atoms with Gasteiger partial charge in [0.25, 0.3) is 0 Å². The number of carbonyl (C=O) groups is 1. The van der Waals surface area contributed by atoms with Gasteiger partial charge in [-0.2, -0.15) is 0 Å². The van der Waals surface area contributed by atoms with Crippen LogP contribution in [-0.4, -0.2) is 19.5 Å². The molecular formula is C14H22N2O. The van der Waals surface area contributed by atoms with Crippen molar-refractivity contribution in [3.05, 3.63) is 29.3 Å². The van der Waals surface area contributed by atoms with Gasteiger partial charge in [0.2, 0.25) is 5.91 Å². The lowest BCUT2D eigenvalue weighted by atomic mass is 10.1. The molecule has 1 amide bonds. The minimum Gasteiger partial charge on any atom is -0.330 e. The number of hydrogen-bond donors (Lipinski definition) is 1. The zero-order valence-corrected chi connectivity index (χ0v) is 11.0.